The van der Waals surface area contributed by atoms with Crippen molar-refractivity contribution in [2.24, 2.45) is 7.05 Å². The quantitative estimate of drug-likeness (QED) is 0.754. The number of nitrogens with zero attached hydrogens (tertiary/aromatic N) is 5. The molecular weight excluding hydrogens is 340 g/mol. The second-order valence-electron chi connectivity index (χ2n) is 7.02. The summed E-state index contributed by atoms with van der Waals surface area (Å²) in [5.41, 5.74) is 3.54. The highest BCUT2D eigenvalue weighted by Crippen LogP contribution is 2.23. The molecule has 7 nitrogen and oxygen atoms in total. The average molecular weight is 364 g/mol. The lowest BCUT2D eigenvalue weighted by Gasteiger charge is -2.16. The molecule has 0 bridgehead atoms. The molecule has 0 aliphatic carbocycles. The summed E-state index contributed by atoms with van der Waals surface area (Å²) in [6, 6.07) is 12.1. The lowest BCUT2D eigenvalue weighted by atomic mass is 10.1. The van der Waals surface area contributed by atoms with Crippen LogP contribution in [0.2, 0.25) is 0 Å². The van der Waals surface area contributed by atoms with Gasteiger partial charge >= 0.3 is 0 Å². The zero-order valence-electron chi connectivity index (χ0n) is 15.7. The van der Waals surface area contributed by atoms with Crippen molar-refractivity contribution in [3.8, 4) is 5.69 Å². The number of carbonyl (C=O) groups is 1. The van der Waals surface area contributed by atoms with Gasteiger partial charge < -0.3 is 10.2 Å². The van der Waals surface area contributed by atoms with Crippen LogP contribution in [0, 0.1) is 0 Å². The van der Waals surface area contributed by atoms with E-state index in [0.29, 0.717) is 12.2 Å². The number of hydrogen-bond donors (Lipinski definition) is 1. The normalized spacial score (nSPS) is 16.6. The highest BCUT2D eigenvalue weighted by Gasteiger charge is 2.23. The molecule has 1 saturated heterocycles. The zero-order chi connectivity index (χ0) is 18.8. The number of para-hydroxylation sites is 1. The van der Waals surface area contributed by atoms with Gasteiger partial charge in [0.15, 0.2) is 0 Å². The van der Waals surface area contributed by atoms with Gasteiger partial charge in [0.2, 0.25) is 0 Å². The predicted octanol–water partition coefficient (Wildman–Crippen LogP) is 2.30. The molecule has 140 valence electrons. The highest BCUT2D eigenvalue weighted by molar-refractivity contribution is 5.92. The van der Waals surface area contributed by atoms with Crippen LogP contribution in [0.3, 0.4) is 0 Å². The lowest BCUT2D eigenvalue weighted by Crippen LogP contribution is -2.27. The summed E-state index contributed by atoms with van der Waals surface area (Å²) in [7, 11) is 3.63. The molecule has 2 aromatic heterocycles. The number of rotatable bonds is 5. The Kier molecular flexibility index (Phi) is 4.77. The Morgan fingerprint density at radius 2 is 2.15 bits per heavy atom. The molecule has 0 saturated carbocycles. The Hall–Kier alpha value is -2.93. The summed E-state index contributed by atoms with van der Waals surface area (Å²) >= 11 is 0. The smallest absolute Gasteiger partial charge is 0.272 e. The Morgan fingerprint density at radius 1 is 1.33 bits per heavy atom. The van der Waals surface area contributed by atoms with Crippen molar-refractivity contribution in [1.29, 1.82) is 0 Å². The van der Waals surface area contributed by atoms with Crippen molar-refractivity contribution in [2.75, 3.05) is 13.6 Å². The van der Waals surface area contributed by atoms with E-state index in [4.69, 9.17) is 0 Å². The molecular formula is C20H24N6O. The zero-order valence-corrected chi connectivity index (χ0v) is 15.7. The van der Waals surface area contributed by atoms with Crippen LogP contribution in [0.1, 0.15) is 40.6 Å². The molecule has 1 N–H and O–H groups in total. The Labute approximate surface area is 158 Å². The molecule has 1 aliphatic heterocycles. The van der Waals surface area contributed by atoms with Crippen LogP contribution >= 0.6 is 0 Å². The summed E-state index contributed by atoms with van der Waals surface area (Å²) in [5, 5.41) is 12.4. The first-order valence-corrected chi connectivity index (χ1v) is 9.23. The van der Waals surface area contributed by atoms with Crippen LogP contribution < -0.4 is 5.32 Å². The number of aromatic nitrogens is 4. The van der Waals surface area contributed by atoms with E-state index in [9.17, 15) is 4.79 Å². The molecule has 3 heterocycles. The summed E-state index contributed by atoms with van der Waals surface area (Å²) in [4.78, 5) is 14.6. The molecule has 27 heavy (non-hydrogen) atoms. The molecule has 1 atom stereocenters. The molecule has 7 heteroatoms. The first-order chi connectivity index (χ1) is 13.1. The van der Waals surface area contributed by atoms with Gasteiger partial charge in [0, 0.05) is 32.4 Å². The fourth-order valence-electron chi connectivity index (χ4n) is 3.50. The minimum absolute atomic E-state index is 0.0401. The third kappa shape index (κ3) is 3.64. The Bertz CT molecular complexity index is 923. The Morgan fingerprint density at radius 3 is 2.89 bits per heavy atom. The fraction of sp³-hybridized carbons (Fsp3) is 0.350. The highest BCUT2D eigenvalue weighted by atomic mass is 16.2. The average Bonchev–Trinajstić information content (AvgIpc) is 3.42. The third-order valence-corrected chi connectivity index (χ3v) is 4.96. The largest absolute Gasteiger partial charge is 0.336 e. The molecule has 3 aromatic rings. The Balaban J connectivity index is 1.46. The van der Waals surface area contributed by atoms with Crippen LogP contribution in [-0.2, 0) is 13.6 Å². The number of carbonyl (C=O) groups excluding carboxylic acids is 1. The van der Waals surface area contributed by atoms with Gasteiger partial charge in [-0.15, -0.1) is 0 Å². The van der Waals surface area contributed by atoms with Crippen LogP contribution in [0.4, 0.5) is 0 Å². The number of nitrogens with one attached hydrogen (secondary N) is 1. The van der Waals surface area contributed by atoms with Gasteiger partial charge in [-0.3, -0.25) is 9.48 Å². The van der Waals surface area contributed by atoms with Crippen LogP contribution in [-0.4, -0.2) is 44.0 Å². The van der Waals surface area contributed by atoms with Crippen molar-refractivity contribution in [1.82, 2.24) is 29.8 Å². The monoisotopic (exact) mass is 364 g/mol. The van der Waals surface area contributed by atoms with Gasteiger partial charge in [0.1, 0.15) is 5.69 Å². The summed E-state index contributed by atoms with van der Waals surface area (Å²) in [6.45, 7) is 1.50. The fourth-order valence-corrected chi connectivity index (χ4v) is 3.50. The van der Waals surface area contributed by atoms with Gasteiger partial charge in [-0.2, -0.15) is 10.2 Å². The minimum Gasteiger partial charge on any atom is -0.336 e. The van der Waals surface area contributed by atoms with Gasteiger partial charge in [-0.1, -0.05) is 18.2 Å². The van der Waals surface area contributed by atoms with Gasteiger partial charge in [0.05, 0.1) is 23.6 Å². The van der Waals surface area contributed by atoms with E-state index in [2.05, 4.69) is 15.5 Å². The molecule has 1 amide bonds. The van der Waals surface area contributed by atoms with Crippen molar-refractivity contribution in [3.63, 3.8) is 0 Å². The summed E-state index contributed by atoms with van der Waals surface area (Å²) < 4.78 is 3.50. The second-order valence-corrected chi connectivity index (χ2v) is 7.02. The standard InChI is InChI=1S/C20H24N6O/c1-24(13-15-12-22-26(14-15)16-7-4-3-5-8-16)20(27)19-11-18(23-25(19)2)17-9-6-10-21-17/h3-5,7-8,11-12,14,17,21H,6,9-10,13H2,1-2H3. The van der Waals surface area contributed by atoms with Crippen molar-refractivity contribution in [2.45, 2.75) is 25.4 Å². The molecule has 1 fully saturated rings. The molecule has 4 rings (SSSR count). The van der Waals surface area contributed by atoms with Crippen LogP contribution in [0.15, 0.2) is 48.8 Å². The van der Waals surface area contributed by atoms with Crippen molar-refractivity contribution < 1.29 is 4.79 Å². The molecule has 0 spiro atoms. The first-order valence-electron chi connectivity index (χ1n) is 9.23. The number of aryl methyl sites for hydroxylation is 1. The van der Waals surface area contributed by atoms with Crippen LogP contribution in [0.5, 0.6) is 0 Å². The molecule has 0 radical (unpaired) electrons. The summed E-state index contributed by atoms with van der Waals surface area (Å²) in [6.07, 6.45) is 5.97. The number of benzene rings is 1. The van der Waals surface area contributed by atoms with Gasteiger partial charge in [-0.25, -0.2) is 4.68 Å². The predicted molar refractivity (Wildman–Crippen MR) is 103 cm³/mol. The maximum atomic E-state index is 12.9. The topological polar surface area (TPSA) is 68.0 Å². The molecule has 1 aromatic carbocycles. The number of amides is 1. The van der Waals surface area contributed by atoms with E-state index in [-0.39, 0.29) is 11.9 Å². The number of hydrogen-bond acceptors (Lipinski definition) is 4. The van der Waals surface area contributed by atoms with Crippen molar-refractivity contribution >= 4 is 5.91 Å². The molecule has 1 aliphatic rings. The van der Waals surface area contributed by atoms with E-state index in [1.165, 1.54) is 0 Å². The SMILES string of the molecule is CN(Cc1cnn(-c2ccccc2)c1)C(=O)c1cc(C2CCCN2)nn1C. The van der Waals surface area contributed by atoms with Crippen LogP contribution in [0.25, 0.3) is 5.69 Å². The van der Waals surface area contributed by atoms with E-state index in [1.54, 1.807) is 15.8 Å². The minimum atomic E-state index is -0.0401. The first kappa shape index (κ1) is 17.5. The van der Waals surface area contributed by atoms with Gasteiger partial charge in [-0.05, 0) is 37.6 Å². The lowest BCUT2D eigenvalue weighted by molar-refractivity contribution is 0.0774. The van der Waals surface area contributed by atoms with E-state index in [1.807, 2.05) is 61.4 Å². The third-order valence-electron chi connectivity index (χ3n) is 4.96. The van der Waals surface area contributed by atoms with E-state index < -0.39 is 0 Å². The second kappa shape index (κ2) is 7.36. The maximum absolute atomic E-state index is 12.9. The summed E-state index contributed by atoms with van der Waals surface area (Å²) in [5.74, 6) is -0.0401. The van der Waals surface area contributed by atoms with Gasteiger partial charge in [0.25, 0.3) is 5.91 Å². The van der Waals surface area contributed by atoms with Crippen molar-refractivity contribution in [3.05, 3.63) is 65.7 Å². The maximum Gasteiger partial charge on any atom is 0.272 e. The molecule has 1 unspecified atom stereocenters. The van der Waals surface area contributed by atoms with E-state index in [0.717, 1.165) is 36.3 Å². The van der Waals surface area contributed by atoms with E-state index >= 15 is 0 Å².